The molecule has 0 aliphatic rings. The van der Waals surface area contributed by atoms with Crippen molar-refractivity contribution in [2.75, 3.05) is 39.3 Å². The molecule has 138 valence electrons. The summed E-state index contributed by atoms with van der Waals surface area (Å²) in [4.78, 5) is 2.27. The van der Waals surface area contributed by atoms with Gasteiger partial charge in [-0.25, -0.2) is 0 Å². The van der Waals surface area contributed by atoms with Gasteiger partial charge >= 0.3 is 0 Å². The molecule has 0 saturated carbocycles. The van der Waals surface area contributed by atoms with Gasteiger partial charge in [0.25, 0.3) is 0 Å². The number of anilines is 1. The van der Waals surface area contributed by atoms with Gasteiger partial charge in [0.15, 0.2) is 11.5 Å². The van der Waals surface area contributed by atoms with Crippen LogP contribution in [0.25, 0.3) is 0 Å². The van der Waals surface area contributed by atoms with Gasteiger partial charge in [-0.1, -0.05) is 18.2 Å². The summed E-state index contributed by atoms with van der Waals surface area (Å²) >= 11 is 0. The van der Waals surface area contributed by atoms with E-state index in [4.69, 9.17) is 14.2 Å². The molecular weight excluding hydrogens is 328 g/mol. The Labute approximate surface area is 155 Å². The molecule has 0 saturated heterocycles. The van der Waals surface area contributed by atoms with Crippen LogP contribution in [-0.2, 0) is 0 Å². The fourth-order valence-electron chi connectivity index (χ4n) is 3.00. The second-order valence-corrected chi connectivity index (χ2v) is 5.84. The zero-order valence-corrected chi connectivity index (χ0v) is 15.9. The van der Waals surface area contributed by atoms with Crippen LogP contribution in [0, 0.1) is 11.3 Å². The predicted molar refractivity (Wildman–Crippen MR) is 103 cm³/mol. The van der Waals surface area contributed by atoms with E-state index in [2.05, 4.69) is 30.0 Å². The third-order valence-electron chi connectivity index (χ3n) is 4.44. The lowest BCUT2D eigenvalue weighted by Crippen LogP contribution is -2.25. The smallest absolute Gasteiger partial charge is 0.203 e. The molecule has 5 nitrogen and oxygen atoms in total. The Balaban J connectivity index is 2.22. The van der Waals surface area contributed by atoms with E-state index in [-0.39, 0.29) is 5.92 Å². The zero-order valence-electron chi connectivity index (χ0n) is 15.9. The van der Waals surface area contributed by atoms with Crippen LogP contribution in [0.5, 0.6) is 17.2 Å². The third kappa shape index (κ3) is 4.40. The number of nitrogens with zero attached hydrogens (tertiary/aromatic N) is 2. The molecule has 0 fully saturated rings. The maximum absolute atomic E-state index is 9.71. The number of benzene rings is 2. The minimum absolute atomic E-state index is 0.263. The van der Waals surface area contributed by atoms with Gasteiger partial charge in [0, 0.05) is 18.8 Å². The first-order valence-electron chi connectivity index (χ1n) is 8.67. The first-order chi connectivity index (χ1) is 12.7. The molecule has 0 radical (unpaired) electrons. The second-order valence-electron chi connectivity index (χ2n) is 5.84. The van der Waals surface area contributed by atoms with Gasteiger partial charge in [0.1, 0.15) is 0 Å². The monoisotopic (exact) mass is 354 g/mol. The molecule has 1 unspecified atom stereocenters. The Morgan fingerprint density at radius 2 is 1.62 bits per heavy atom. The van der Waals surface area contributed by atoms with E-state index in [0.29, 0.717) is 23.7 Å². The van der Waals surface area contributed by atoms with Crippen molar-refractivity contribution in [3.05, 3.63) is 48.0 Å². The maximum Gasteiger partial charge on any atom is 0.203 e. The molecule has 0 heterocycles. The van der Waals surface area contributed by atoms with Gasteiger partial charge in [-0.15, -0.1) is 0 Å². The Hall–Kier alpha value is -2.87. The molecule has 0 amide bonds. The van der Waals surface area contributed by atoms with Crippen molar-refractivity contribution in [3.8, 4) is 23.3 Å². The number of nitriles is 1. The van der Waals surface area contributed by atoms with Crippen molar-refractivity contribution >= 4 is 5.69 Å². The van der Waals surface area contributed by atoms with E-state index in [0.717, 1.165) is 24.3 Å². The van der Waals surface area contributed by atoms with Gasteiger partial charge in [0.2, 0.25) is 5.75 Å². The number of hydrogen-bond acceptors (Lipinski definition) is 5. The standard InChI is InChI=1S/C21H26N2O3/c1-5-23(18-9-7-6-8-10-18)12-11-16(15-22)17-13-19(24-2)21(26-4)20(14-17)25-3/h6-10,13-14,16H,5,11-12H2,1-4H3. The Kier molecular flexibility index (Phi) is 7.16. The van der Waals surface area contributed by atoms with E-state index in [1.54, 1.807) is 21.3 Å². The average molecular weight is 354 g/mol. The summed E-state index contributed by atoms with van der Waals surface area (Å²) in [5.74, 6) is 1.41. The van der Waals surface area contributed by atoms with Gasteiger partial charge in [-0.3, -0.25) is 0 Å². The summed E-state index contributed by atoms with van der Waals surface area (Å²) in [5.41, 5.74) is 2.03. The lowest BCUT2D eigenvalue weighted by atomic mass is 9.96. The average Bonchev–Trinajstić information content (AvgIpc) is 2.70. The van der Waals surface area contributed by atoms with Crippen LogP contribution in [-0.4, -0.2) is 34.4 Å². The third-order valence-corrected chi connectivity index (χ3v) is 4.44. The van der Waals surface area contributed by atoms with Crippen LogP contribution in [0.15, 0.2) is 42.5 Å². The number of para-hydroxylation sites is 1. The molecule has 2 aromatic carbocycles. The van der Waals surface area contributed by atoms with Crippen molar-refractivity contribution < 1.29 is 14.2 Å². The Morgan fingerprint density at radius 1 is 1.00 bits per heavy atom. The number of ether oxygens (including phenoxy) is 3. The second kappa shape index (κ2) is 9.57. The van der Waals surface area contributed by atoms with E-state index in [1.165, 1.54) is 0 Å². The van der Waals surface area contributed by atoms with E-state index >= 15 is 0 Å². The van der Waals surface area contributed by atoms with Crippen LogP contribution in [0.2, 0.25) is 0 Å². The molecule has 0 bridgehead atoms. The number of rotatable bonds is 9. The molecule has 26 heavy (non-hydrogen) atoms. The predicted octanol–water partition coefficient (Wildman–Crippen LogP) is 4.24. The molecule has 0 aromatic heterocycles. The summed E-state index contributed by atoms with van der Waals surface area (Å²) in [5, 5.41) is 9.71. The van der Waals surface area contributed by atoms with Gasteiger partial charge in [-0.05, 0) is 43.2 Å². The molecule has 0 aliphatic carbocycles. The summed E-state index contributed by atoms with van der Waals surface area (Å²) in [6, 6.07) is 16.4. The lowest BCUT2D eigenvalue weighted by molar-refractivity contribution is 0.323. The zero-order chi connectivity index (χ0) is 18.9. The first kappa shape index (κ1) is 19.5. The van der Waals surface area contributed by atoms with E-state index in [1.807, 2.05) is 30.3 Å². The van der Waals surface area contributed by atoms with Crippen molar-refractivity contribution in [3.63, 3.8) is 0 Å². The Morgan fingerprint density at radius 3 is 2.08 bits per heavy atom. The van der Waals surface area contributed by atoms with Crippen LogP contribution >= 0.6 is 0 Å². The van der Waals surface area contributed by atoms with Gasteiger partial charge < -0.3 is 19.1 Å². The molecule has 0 N–H and O–H groups in total. The van der Waals surface area contributed by atoms with Crippen LogP contribution in [0.3, 0.4) is 0 Å². The highest BCUT2D eigenvalue weighted by molar-refractivity contribution is 5.55. The first-order valence-corrected chi connectivity index (χ1v) is 8.67. The summed E-state index contributed by atoms with van der Waals surface area (Å²) in [6.45, 7) is 3.79. The lowest BCUT2D eigenvalue weighted by Gasteiger charge is -2.24. The largest absolute Gasteiger partial charge is 0.493 e. The van der Waals surface area contributed by atoms with E-state index < -0.39 is 0 Å². The van der Waals surface area contributed by atoms with Gasteiger partial charge in [-0.2, -0.15) is 5.26 Å². The quantitative estimate of drug-likeness (QED) is 0.674. The van der Waals surface area contributed by atoms with Crippen molar-refractivity contribution in [2.45, 2.75) is 19.3 Å². The number of methoxy groups -OCH3 is 3. The summed E-state index contributed by atoms with van der Waals surface area (Å²) in [7, 11) is 4.73. The van der Waals surface area contributed by atoms with Crippen LogP contribution < -0.4 is 19.1 Å². The summed E-state index contributed by atoms with van der Waals surface area (Å²) < 4.78 is 16.2. The van der Waals surface area contributed by atoms with E-state index in [9.17, 15) is 5.26 Å². The normalized spacial score (nSPS) is 11.3. The van der Waals surface area contributed by atoms with Crippen LogP contribution in [0.1, 0.15) is 24.8 Å². The topological polar surface area (TPSA) is 54.7 Å². The molecule has 1 atom stereocenters. The molecule has 5 heteroatoms. The SMILES string of the molecule is CCN(CCC(C#N)c1cc(OC)c(OC)c(OC)c1)c1ccccc1. The highest BCUT2D eigenvalue weighted by atomic mass is 16.5. The minimum atomic E-state index is -0.263. The molecular formula is C21H26N2O3. The van der Waals surface area contributed by atoms with Crippen LogP contribution in [0.4, 0.5) is 5.69 Å². The minimum Gasteiger partial charge on any atom is -0.493 e. The fourth-order valence-corrected chi connectivity index (χ4v) is 3.00. The van der Waals surface area contributed by atoms with Crippen molar-refractivity contribution in [2.24, 2.45) is 0 Å². The van der Waals surface area contributed by atoms with Gasteiger partial charge in [0.05, 0.1) is 33.3 Å². The van der Waals surface area contributed by atoms with Crippen molar-refractivity contribution in [1.82, 2.24) is 0 Å². The molecule has 2 aromatic rings. The fraction of sp³-hybridized carbons (Fsp3) is 0.381. The number of hydrogen-bond donors (Lipinski definition) is 0. The molecule has 2 rings (SSSR count). The maximum atomic E-state index is 9.71. The molecule has 0 aliphatic heterocycles. The highest BCUT2D eigenvalue weighted by Gasteiger charge is 2.19. The van der Waals surface area contributed by atoms with Crippen molar-refractivity contribution in [1.29, 1.82) is 5.26 Å². The Bertz CT molecular complexity index is 716. The highest BCUT2D eigenvalue weighted by Crippen LogP contribution is 2.40. The molecule has 0 spiro atoms. The summed E-state index contributed by atoms with van der Waals surface area (Å²) in [6.07, 6.45) is 0.706.